The van der Waals surface area contributed by atoms with E-state index in [0.29, 0.717) is 28.5 Å². The van der Waals surface area contributed by atoms with E-state index in [1.54, 1.807) is 47.1 Å². The van der Waals surface area contributed by atoms with Crippen LogP contribution in [0.5, 0.6) is 5.88 Å². The fourth-order valence-corrected chi connectivity index (χ4v) is 4.69. The van der Waals surface area contributed by atoms with E-state index in [0.717, 1.165) is 4.90 Å². The maximum atomic E-state index is 14.9. The molecule has 1 aliphatic carbocycles. The second kappa shape index (κ2) is 7.23. The van der Waals surface area contributed by atoms with Gasteiger partial charge in [-0.3, -0.25) is 4.90 Å². The third-order valence-electron chi connectivity index (χ3n) is 6.52. The fourth-order valence-electron chi connectivity index (χ4n) is 4.69. The van der Waals surface area contributed by atoms with Crippen LogP contribution in [0.2, 0.25) is 0 Å². The minimum absolute atomic E-state index is 0.0991. The Balaban J connectivity index is 1.29. The van der Waals surface area contributed by atoms with Crippen molar-refractivity contribution in [3.63, 3.8) is 0 Å². The zero-order valence-electron chi connectivity index (χ0n) is 18.5. The van der Waals surface area contributed by atoms with E-state index in [9.17, 15) is 13.6 Å². The number of hydrogen-bond donors (Lipinski definition) is 0. The van der Waals surface area contributed by atoms with Gasteiger partial charge in [-0.2, -0.15) is 5.10 Å². The predicted molar refractivity (Wildman–Crippen MR) is 115 cm³/mol. The summed E-state index contributed by atoms with van der Waals surface area (Å²) in [7, 11) is 1.52. The van der Waals surface area contributed by atoms with Crippen molar-refractivity contribution in [1.29, 1.82) is 0 Å². The second-order valence-electron chi connectivity index (χ2n) is 8.93. The van der Waals surface area contributed by atoms with Gasteiger partial charge in [0.25, 0.3) is 5.92 Å². The molecular formula is C22H22F2N6O4. The second-order valence-corrected chi connectivity index (χ2v) is 8.93. The van der Waals surface area contributed by atoms with E-state index in [-0.39, 0.29) is 26.3 Å². The summed E-state index contributed by atoms with van der Waals surface area (Å²) in [5.74, 6) is -2.27. The van der Waals surface area contributed by atoms with Crippen LogP contribution < -0.4 is 9.64 Å². The van der Waals surface area contributed by atoms with Gasteiger partial charge < -0.3 is 19.1 Å². The first-order valence-corrected chi connectivity index (χ1v) is 10.9. The van der Waals surface area contributed by atoms with Crippen LogP contribution in [0, 0.1) is 0 Å². The summed E-state index contributed by atoms with van der Waals surface area (Å²) in [5.41, 5.74) is 1.10. The molecule has 3 aliphatic rings. The van der Waals surface area contributed by atoms with Gasteiger partial charge >= 0.3 is 6.09 Å². The van der Waals surface area contributed by atoms with E-state index in [1.807, 2.05) is 6.07 Å². The molecule has 2 saturated heterocycles. The standard InChI is InChI=1S/C22H22F2N6O4/c1-21(11-33-12-21)34-20(31)29-9-8-28(16-17(29)22(16,23)24)15-5-7-30-18(27-15)14(10-26-30)13-4-3-6-25-19(13)32-2/h3-7,10,16-17H,8-9,11-12H2,1-2H3. The molecule has 3 fully saturated rings. The lowest BCUT2D eigenvalue weighted by Crippen LogP contribution is -2.55. The number of methoxy groups -OCH3 is 1. The summed E-state index contributed by atoms with van der Waals surface area (Å²) in [4.78, 5) is 24.2. The number of rotatable bonds is 4. The molecule has 3 aromatic rings. The lowest BCUT2D eigenvalue weighted by molar-refractivity contribution is -0.172. The Morgan fingerprint density at radius 2 is 2.03 bits per heavy atom. The van der Waals surface area contributed by atoms with E-state index in [4.69, 9.17) is 14.2 Å². The lowest BCUT2D eigenvalue weighted by atomic mass is 10.1. The molecule has 178 valence electrons. The molecule has 34 heavy (non-hydrogen) atoms. The van der Waals surface area contributed by atoms with Crippen molar-refractivity contribution in [2.45, 2.75) is 30.5 Å². The average Bonchev–Trinajstić information content (AvgIpc) is 3.18. The maximum absolute atomic E-state index is 14.9. The molecule has 0 aromatic carbocycles. The molecule has 5 heterocycles. The molecule has 2 atom stereocenters. The highest BCUT2D eigenvalue weighted by atomic mass is 19.3. The van der Waals surface area contributed by atoms with Gasteiger partial charge in [-0.15, -0.1) is 0 Å². The Morgan fingerprint density at radius 3 is 2.76 bits per heavy atom. The third-order valence-corrected chi connectivity index (χ3v) is 6.52. The van der Waals surface area contributed by atoms with Crippen LogP contribution in [0.15, 0.2) is 36.8 Å². The molecule has 10 nitrogen and oxygen atoms in total. The molecule has 12 heteroatoms. The number of alkyl halides is 2. The van der Waals surface area contributed by atoms with Crippen LogP contribution in [-0.4, -0.2) is 87.6 Å². The van der Waals surface area contributed by atoms with E-state index >= 15 is 0 Å². The topological polar surface area (TPSA) is 94.3 Å². The molecule has 2 unspecified atom stereocenters. The number of piperazine rings is 1. The van der Waals surface area contributed by atoms with Crippen LogP contribution in [-0.2, 0) is 9.47 Å². The normalized spacial score (nSPS) is 24.4. The first kappa shape index (κ1) is 21.0. The minimum atomic E-state index is -3.07. The number of carbonyl (C=O) groups is 1. The molecule has 6 rings (SSSR count). The highest BCUT2D eigenvalue weighted by Gasteiger charge is 2.76. The lowest BCUT2D eigenvalue weighted by Gasteiger charge is -2.40. The van der Waals surface area contributed by atoms with Crippen molar-refractivity contribution in [3.05, 3.63) is 36.8 Å². The van der Waals surface area contributed by atoms with Crippen molar-refractivity contribution in [1.82, 2.24) is 24.5 Å². The first-order valence-electron chi connectivity index (χ1n) is 10.9. The van der Waals surface area contributed by atoms with Crippen LogP contribution in [0.4, 0.5) is 19.4 Å². The number of nitrogens with zero attached hydrogens (tertiary/aromatic N) is 6. The minimum Gasteiger partial charge on any atom is -0.481 e. The number of pyridine rings is 1. The van der Waals surface area contributed by atoms with Gasteiger partial charge in [0.15, 0.2) is 11.2 Å². The average molecular weight is 472 g/mol. The van der Waals surface area contributed by atoms with Crippen LogP contribution in [0.3, 0.4) is 0 Å². The Morgan fingerprint density at radius 1 is 1.21 bits per heavy atom. The molecule has 1 saturated carbocycles. The van der Waals surface area contributed by atoms with Gasteiger partial charge in [0.2, 0.25) is 5.88 Å². The number of amides is 1. The fraction of sp³-hybridized carbons (Fsp3) is 0.455. The Hall–Kier alpha value is -3.54. The summed E-state index contributed by atoms with van der Waals surface area (Å²) in [5, 5.41) is 4.32. The van der Waals surface area contributed by atoms with Gasteiger partial charge in [-0.1, -0.05) is 0 Å². The summed E-state index contributed by atoms with van der Waals surface area (Å²) >= 11 is 0. The third kappa shape index (κ3) is 3.08. The summed E-state index contributed by atoms with van der Waals surface area (Å²) in [6.45, 7) is 2.56. The molecule has 0 N–H and O–H groups in total. The Kier molecular flexibility index (Phi) is 4.47. The van der Waals surface area contributed by atoms with Crippen LogP contribution in [0.1, 0.15) is 6.92 Å². The molecular weight excluding hydrogens is 450 g/mol. The quantitative estimate of drug-likeness (QED) is 0.571. The van der Waals surface area contributed by atoms with Crippen molar-refractivity contribution >= 4 is 17.6 Å². The van der Waals surface area contributed by atoms with Crippen molar-refractivity contribution < 1.29 is 27.8 Å². The maximum Gasteiger partial charge on any atom is 0.411 e. The van der Waals surface area contributed by atoms with E-state index < -0.39 is 29.7 Å². The van der Waals surface area contributed by atoms with Gasteiger partial charge in [-0.05, 0) is 25.1 Å². The number of fused-ring (bicyclic) bond motifs is 2. The van der Waals surface area contributed by atoms with Crippen LogP contribution >= 0.6 is 0 Å². The Labute approximate surface area is 193 Å². The summed E-state index contributed by atoms with van der Waals surface area (Å²) in [6.07, 6.45) is 4.20. The molecule has 2 aliphatic heterocycles. The SMILES string of the molecule is COc1ncccc1-c1cnn2ccc(N3CCN(C(=O)OC4(C)COC4)C4C3C4(F)F)nc12. The molecule has 0 bridgehead atoms. The summed E-state index contributed by atoms with van der Waals surface area (Å²) < 4.78 is 47.2. The van der Waals surface area contributed by atoms with Crippen LogP contribution in [0.25, 0.3) is 16.8 Å². The van der Waals surface area contributed by atoms with Gasteiger partial charge in [0.05, 0.1) is 32.1 Å². The number of hydrogen-bond acceptors (Lipinski definition) is 8. The highest BCUT2D eigenvalue weighted by molar-refractivity contribution is 5.81. The molecule has 3 aromatic heterocycles. The van der Waals surface area contributed by atoms with Crippen molar-refractivity contribution in [3.8, 4) is 17.0 Å². The number of anilines is 1. The number of halogens is 2. The summed E-state index contributed by atoms with van der Waals surface area (Å²) in [6, 6.07) is 2.82. The van der Waals surface area contributed by atoms with Gasteiger partial charge in [-0.25, -0.2) is 28.1 Å². The highest BCUT2D eigenvalue weighted by Crippen LogP contribution is 2.52. The number of carbonyl (C=O) groups excluding carboxylic acids is 1. The molecule has 0 spiro atoms. The molecule has 1 amide bonds. The van der Waals surface area contributed by atoms with Crippen molar-refractivity contribution in [2.75, 3.05) is 38.3 Å². The number of ether oxygens (including phenoxy) is 3. The van der Waals surface area contributed by atoms with E-state index in [2.05, 4.69) is 15.1 Å². The molecule has 0 radical (unpaired) electrons. The smallest absolute Gasteiger partial charge is 0.411 e. The van der Waals surface area contributed by atoms with Crippen molar-refractivity contribution in [2.24, 2.45) is 0 Å². The predicted octanol–water partition coefficient (Wildman–Crippen LogP) is 2.23. The largest absolute Gasteiger partial charge is 0.481 e. The monoisotopic (exact) mass is 472 g/mol. The van der Waals surface area contributed by atoms with Gasteiger partial charge in [0, 0.05) is 31.0 Å². The van der Waals surface area contributed by atoms with E-state index in [1.165, 1.54) is 7.11 Å². The Bertz CT molecular complexity index is 1280. The van der Waals surface area contributed by atoms with Gasteiger partial charge in [0.1, 0.15) is 17.9 Å². The first-order chi connectivity index (χ1) is 16.3. The number of aromatic nitrogens is 4. The zero-order chi connectivity index (χ0) is 23.7. The zero-order valence-corrected chi connectivity index (χ0v) is 18.5.